The third-order valence-corrected chi connectivity index (χ3v) is 1.25. The summed E-state index contributed by atoms with van der Waals surface area (Å²) in [5.41, 5.74) is 2.36. The molecule has 0 saturated carbocycles. The van der Waals surface area contributed by atoms with Crippen molar-refractivity contribution in [2.24, 2.45) is 0 Å². The third-order valence-electron chi connectivity index (χ3n) is 1.25. The Morgan fingerprint density at radius 3 is 2.50 bits per heavy atom. The van der Waals surface area contributed by atoms with Gasteiger partial charge in [0.05, 0.1) is 0 Å². The van der Waals surface area contributed by atoms with E-state index in [0.29, 0.717) is 0 Å². The van der Waals surface area contributed by atoms with Crippen LogP contribution in [0, 0.1) is 6.58 Å². The molecule has 0 rings (SSSR count). The molecule has 0 aliphatic rings. The van der Waals surface area contributed by atoms with Crippen LogP contribution in [0.2, 0.25) is 0 Å². The zero-order chi connectivity index (χ0) is 7.98. The van der Waals surface area contributed by atoms with Gasteiger partial charge < -0.3 is 0 Å². The normalized spacial score (nSPS) is 8.60. The SMILES string of the molecule is [CH]=CC(=C)CCC=C(C)C. The second-order valence-corrected chi connectivity index (χ2v) is 2.65. The predicted molar refractivity (Wildman–Crippen MR) is 46.7 cm³/mol. The maximum absolute atomic E-state index is 5.24. The lowest BCUT2D eigenvalue weighted by Crippen LogP contribution is -1.74. The summed E-state index contributed by atoms with van der Waals surface area (Å²) in [5, 5.41) is 0. The average Bonchev–Trinajstić information content (AvgIpc) is 1.87. The Morgan fingerprint density at radius 1 is 1.50 bits per heavy atom. The molecule has 0 unspecified atom stereocenters. The monoisotopic (exact) mass is 135 g/mol. The minimum Gasteiger partial charge on any atom is -0.0958 e. The molecule has 0 amide bonds. The Hall–Kier alpha value is -0.780. The molecular formula is C10H15. The second kappa shape index (κ2) is 5.04. The van der Waals surface area contributed by atoms with Crippen LogP contribution in [0.15, 0.2) is 29.9 Å². The van der Waals surface area contributed by atoms with Gasteiger partial charge in [-0.25, -0.2) is 0 Å². The summed E-state index contributed by atoms with van der Waals surface area (Å²) in [4.78, 5) is 0. The minimum atomic E-state index is 0.974. The van der Waals surface area contributed by atoms with Crippen molar-refractivity contribution in [1.29, 1.82) is 0 Å². The van der Waals surface area contributed by atoms with Crippen LogP contribution < -0.4 is 0 Å². The summed E-state index contributed by atoms with van der Waals surface area (Å²) < 4.78 is 0. The van der Waals surface area contributed by atoms with Crippen molar-refractivity contribution in [1.82, 2.24) is 0 Å². The van der Waals surface area contributed by atoms with Gasteiger partial charge in [-0.15, -0.1) is 0 Å². The first kappa shape index (κ1) is 9.22. The van der Waals surface area contributed by atoms with E-state index in [4.69, 9.17) is 6.58 Å². The first-order valence-electron chi connectivity index (χ1n) is 3.53. The topological polar surface area (TPSA) is 0 Å². The van der Waals surface area contributed by atoms with Crippen molar-refractivity contribution in [2.45, 2.75) is 26.7 Å². The van der Waals surface area contributed by atoms with Crippen LogP contribution in [0.3, 0.4) is 0 Å². The summed E-state index contributed by atoms with van der Waals surface area (Å²) in [6.45, 7) is 13.2. The van der Waals surface area contributed by atoms with E-state index in [1.54, 1.807) is 6.08 Å². The largest absolute Gasteiger partial charge is 0.0958 e. The van der Waals surface area contributed by atoms with Gasteiger partial charge in [0.1, 0.15) is 0 Å². The fourth-order valence-electron chi connectivity index (χ4n) is 0.630. The summed E-state index contributed by atoms with van der Waals surface area (Å²) in [5.74, 6) is 0. The zero-order valence-electron chi connectivity index (χ0n) is 6.85. The van der Waals surface area contributed by atoms with E-state index in [1.807, 2.05) is 0 Å². The molecule has 0 spiro atoms. The third kappa shape index (κ3) is 5.36. The molecule has 0 heteroatoms. The standard InChI is InChI=1S/C10H15/c1-5-10(4)8-6-7-9(2)3/h1,5,7H,4,6,8H2,2-3H3. The Morgan fingerprint density at radius 2 is 2.10 bits per heavy atom. The molecule has 0 heterocycles. The van der Waals surface area contributed by atoms with Crippen molar-refractivity contribution in [3.05, 3.63) is 36.5 Å². The van der Waals surface area contributed by atoms with E-state index in [1.165, 1.54) is 5.57 Å². The van der Waals surface area contributed by atoms with Crippen molar-refractivity contribution < 1.29 is 0 Å². The highest BCUT2D eigenvalue weighted by atomic mass is 13.9. The summed E-state index contributed by atoms with van der Waals surface area (Å²) in [6.07, 6.45) is 5.78. The average molecular weight is 135 g/mol. The van der Waals surface area contributed by atoms with Gasteiger partial charge >= 0.3 is 0 Å². The molecule has 1 radical (unpaired) electrons. The molecule has 0 aromatic heterocycles. The van der Waals surface area contributed by atoms with Crippen LogP contribution in [0.5, 0.6) is 0 Å². The zero-order valence-corrected chi connectivity index (χ0v) is 6.85. The van der Waals surface area contributed by atoms with E-state index in [9.17, 15) is 0 Å². The maximum Gasteiger partial charge on any atom is -0.0250 e. The van der Waals surface area contributed by atoms with E-state index in [-0.39, 0.29) is 0 Å². The number of hydrogen-bond acceptors (Lipinski definition) is 0. The lowest BCUT2D eigenvalue weighted by atomic mass is 10.1. The van der Waals surface area contributed by atoms with Gasteiger partial charge in [-0.3, -0.25) is 0 Å². The van der Waals surface area contributed by atoms with Crippen LogP contribution in [0.25, 0.3) is 0 Å². The smallest absolute Gasteiger partial charge is 0.0250 e. The first-order chi connectivity index (χ1) is 4.66. The van der Waals surface area contributed by atoms with Gasteiger partial charge in [-0.2, -0.15) is 0 Å². The lowest BCUT2D eigenvalue weighted by Gasteiger charge is -1.94. The van der Waals surface area contributed by atoms with Gasteiger partial charge in [0.2, 0.25) is 0 Å². The molecule has 0 nitrogen and oxygen atoms in total. The number of hydrogen-bond donors (Lipinski definition) is 0. The molecule has 0 fully saturated rings. The Labute approximate surface area is 64.0 Å². The molecule has 55 valence electrons. The van der Waals surface area contributed by atoms with E-state index >= 15 is 0 Å². The van der Waals surface area contributed by atoms with Crippen molar-refractivity contribution in [3.8, 4) is 0 Å². The first-order valence-corrected chi connectivity index (χ1v) is 3.53. The molecule has 0 aliphatic heterocycles. The Bertz CT molecular complexity index is 145. The molecule has 0 saturated heterocycles. The molecule has 0 aliphatic carbocycles. The maximum atomic E-state index is 5.24. The summed E-state index contributed by atoms with van der Waals surface area (Å²) in [7, 11) is 0. The van der Waals surface area contributed by atoms with Crippen LogP contribution in [0.1, 0.15) is 26.7 Å². The van der Waals surface area contributed by atoms with Crippen molar-refractivity contribution in [2.75, 3.05) is 0 Å². The summed E-state index contributed by atoms with van der Waals surface area (Å²) in [6, 6.07) is 0. The molecule has 0 bridgehead atoms. The second-order valence-electron chi connectivity index (χ2n) is 2.65. The molecule has 0 aromatic rings. The number of rotatable bonds is 4. The number of allylic oxidation sites excluding steroid dienone is 4. The minimum absolute atomic E-state index is 0.974. The van der Waals surface area contributed by atoms with E-state index in [0.717, 1.165) is 18.4 Å². The molecule has 0 N–H and O–H groups in total. The van der Waals surface area contributed by atoms with Gasteiger partial charge in [0, 0.05) is 0 Å². The van der Waals surface area contributed by atoms with E-state index < -0.39 is 0 Å². The predicted octanol–water partition coefficient (Wildman–Crippen LogP) is 3.28. The lowest BCUT2D eigenvalue weighted by molar-refractivity contribution is 0.999. The molecule has 10 heavy (non-hydrogen) atoms. The fourth-order valence-corrected chi connectivity index (χ4v) is 0.630. The van der Waals surface area contributed by atoms with Crippen LogP contribution in [0.4, 0.5) is 0 Å². The van der Waals surface area contributed by atoms with Crippen LogP contribution in [-0.2, 0) is 0 Å². The highest BCUT2D eigenvalue weighted by Gasteiger charge is 1.84. The van der Waals surface area contributed by atoms with Crippen LogP contribution in [-0.4, -0.2) is 0 Å². The highest BCUT2D eigenvalue weighted by molar-refractivity contribution is 5.10. The quantitative estimate of drug-likeness (QED) is 0.410. The Kier molecular flexibility index (Phi) is 4.65. The van der Waals surface area contributed by atoms with Gasteiger partial charge in [0.25, 0.3) is 0 Å². The molecule has 0 atom stereocenters. The van der Waals surface area contributed by atoms with Gasteiger partial charge in [-0.1, -0.05) is 36.5 Å². The summed E-state index contributed by atoms with van der Waals surface area (Å²) >= 11 is 0. The van der Waals surface area contributed by atoms with Crippen molar-refractivity contribution >= 4 is 0 Å². The van der Waals surface area contributed by atoms with Crippen LogP contribution >= 0.6 is 0 Å². The fraction of sp³-hybridized carbons (Fsp3) is 0.400. The Balaban J connectivity index is 3.46. The highest BCUT2D eigenvalue weighted by Crippen LogP contribution is 2.04. The van der Waals surface area contributed by atoms with E-state index in [2.05, 4.69) is 26.5 Å². The molecule has 0 aromatic carbocycles. The van der Waals surface area contributed by atoms with Crippen molar-refractivity contribution in [3.63, 3.8) is 0 Å². The van der Waals surface area contributed by atoms with Gasteiger partial charge in [-0.05, 0) is 26.7 Å². The van der Waals surface area contributed by atoms with Gasteiger partial charge in [0.15, 0.2) is 0 Å². The molecular weight excluding hydrogens is 120 g/mol.